The number of H-pyrrole nitrogens is 1. The lowest BCUT2D eigenvalue weighted by Gasteiger charge is -2.36. The van der Waals surface area contributed by atoms with Crippen LogP contribution in [0.3, 0.4) is 0 Å². The summed E-state index contributed by atoms with van der Waals surface area (Å²) in [6.45, 7) is 5.74. The van der Waals surface area contributed by atoms with Gasteiger partial charge in [-0.15, -0.1) is 0 Å². The molecule has 0 radical (unpaired) electrons. The standard InChI is InChI=1S/C16H20ClN5O/c17-15-14(12-19-20-16(15)23)18-6-7-21-8-10-22(11-9-21)13-4-2-1-3-5-13/h1-5,12H,6-11H2,(H2,18,20,23). The quantitative estimate of drug-likeness (QED) is 0.871. The van der Waals surface area contributed by atoms with Crippen molar-refractivity contribution in [3.8, 4) is 0 Å². The van der Waals surface area contributed by atoms with E-state index in [-0.39, 0.29) is 10.6 Å². The Morgan fingerprint density at radius 1 is 1.17 bits per heavy atom. The van der Waals surface area contributed by atoms with Crippen LogP contribution in [0.5, 0.6) is 0 Å². The topological polar surface area (TPSA) is 64.3 Å². The number of aromatic amines is 1. The lowest BCUT2D eigenvalue weighted by molar-refractivity contribution is 0.267. The van der Waals surface area contributed by atoms with E-state index >= 15 is 0 Å². The number of para-hydroxylation sites is 1. The number of anilines is 2. The second-order valence-corrected chi connectivity index (χ2v) is 5.90. The van der Waals surface area contributed by atoms with Crippen LogP contribution in [0.25, 0.3) is 0 Å². The Morgan fingerprint density at radius 2 is 1.91 bits per heavy atom. The highest BCUT2D eigenvalue weighted by Crippen LogP contribution is 2.16. The summed E-state index contributed by atoms with van der Waals surface area (Å²) in [6.07, 6.45) is 1.54. The summed E-state index contributed by atoms with van der Waals surface area (Å²) in [5.74, 6) is 0. The zero-order chi connectivity index (χ0) is 16.1. The van der Waals surface area contributed by atoms with Gasteiger partial charge in [-0.1, -0.05) is 29.8 Å². The molecule has 0 atom stereocenters. The van der Waals surface area contributed by atoms with E-state index in [1.54, 1.807) is 0 Å². The maximum absolute atomic E-state index is 11.4. The molecule has 2 N–H and O–H groups in total. The fraction of sp³-hybridized carbons (Fsp3) is 0.375. The average molecular weight is 334 g/mol. The Balaban J connectivity index is 1.44. The zero-order valence-electron chi connectivity index (χ0n) is 12.8. The summed E-state index contributed by atoms with van der Waals surface area (Å²) >= 11 is 5.94. The first kappa shape index (κ1) is 15.8. The molecule has 122 valence electrons. The molecule has 1 aromatic heterocycles. The van der Waals surface area contributed by atoms with Crippen molar-refractivity contribution in [2.45, 2.75) is 0 Å². The van der Waals surface area contributed by atoms with Crippen LogP contribution in [-0.2, 0) is 0 Å². The van der Waals surface area contributed by atoms with E-state index in [0.717, 1.165) is 39.3 Å². The van der Waals surface area contributed by atoms with Crippen LogP contribution < -0.4 is 15.8 Å². The third-order valence-electron chi connectivity index (χ3n) is 4.03. The van der Waals surface area contributed by atoms with Gasteiger partial charge in [-0.25, -0.2) is 5.10 Å². The van der Waals surface area contributed by atoms with Crippen LogP contribution in [0.15, 0.2) is 41.3 Å². The minimum absolute atomic E-state index is 0.161. The van der Waals surface area contributed by atoms with E-state index < -0.39 is 0 Å². The molecule has 23 heavy (non-hydrogen) atoms. The molecule has 1 aliphatic rings. The number of hydrogen-bond donors (Lipinski definition) is 2. The van der Waals surface area contributed by atoms with E-state index in [1.165, 1.54) is 11.9 Å². The predicted octanol–water partition coefficient (Wildman–Crippen LogP) is 1.66. The first-order chi connectivity index (χ1) is 11.2. The van der Waals surface area contributed by atoms with Crippen LogP contribution in [0, 0.1) is 0 Å². The van der Waals surface area contributed by atoms with Crippen molar-refractivity contribution >= 4 is 23.0 Å². The maximum atomic E-state index is 11.4. The second kappa shape index (κ2) is 7.48. The highest BCUT2D eigenvalue weighted by atomic mass is 35.5. The maximum Gasteiger partial charge on any atom is 0.285 e. The number of piperazine rings is 1. The first-order valence-electron chi connectivity index (χ1n) is 7.73. The van der Waals surface area contributed by atoms with E-state index in [4.69, 9.17) is 11.6 Å². The largest absolute Gasteiger partial charge is 0.381 e. The van der Waals surface area contributed by atoms with Crippen LogP contribution in [0.2, 0.25) is 5.02 Å². The SMILES string of the molecule is O=c1[nH]ncc(NCCN2CCN(c3ccccc3)CC2)c1Cl. The highest BCUT2D eigenvalue weighted by Gasteiger charge is 2.16. The van der Waals surface area contributed by atoms with Gasteiger partial charge in [0.25, 0.3) is 5.56 Å². The minimum atomic E-state index is -0.367. The second-order valence-electron chi connectivity index (χ2n) is 5.52. The highest BCUT2D eigenvalue weighted by molar-refractivity contribution is 6.32. The Bertz CT molecular complexity index is 682. The lowest BCUT2D eigenvalue weighted by Crippen LogP contribution is -2.47. The zero-order valence-corrected chi connectivity index (χ0v) is 13.6. The molecular formula is C16H20ClN5O. The number of halogens is 1. The number of nitrogens with zero attached hydrogens (tertiary/aromatic N) is 3. The van der Waals surface area contributed by atoms with Gasteiger partial charge in [0.1, 0.15) is 5.02 Å². The van der Waals surface area contributed by atoms with Crippen LogP contribution in [0.1, 0.15) is 0 Å². The summed E-state index contributed by atoms with van der Waals surface area (Å²) < 4.78 is 0. The van der Waals surface area contributed by atoms with Gasteiger partial charge in [0, 0.05) is 45.0 Å². The molecule has 0 aliphatic carbocycles. The molecule has 1 aliphatic heterocycles. The fourth-order valence-corrected chi connectivity index (χ4v) is 2.88. The number of rotatable bonds is 5. The molecule has 0 amide bonds. The Morgan fingerprint density at radius 3 is 2.65 bits per heavy atom. The van der Waals surface area contributed by atoms with E-state index in [0.29, 0.717) is 5.69 Å². The molecule has 0 saturated carbocycles. The Labute approximate surface area is 140 Å². The normalized spacial score (nSPS) is 15.6. The summed E-state index contributed by atoms with van der Waals surface area (Å²) in [5.41, 5.74) is 1.50. The van der Waals surface area contributed by atoms with Gasteiger partial charge in [0.15, 0.2) is 0 Å². The molecular weight excluding hydrogens is 314 g/mol. The smallest absolute Gasteiger partial charge is 0.285 e. The molecule has 3 rings (SSSR count). The third-order valence-corrected chi connectivity index (χ3v) is 4.41. The fourth-order valence-electron chi connectivity index (χ4n) is 2.72. The molecule has 0 bridgehead atoms. The van der Waals surface area contributed by atoms with Gasteiger partial charge in [0.05, 0.1) is 11.9 Å². The van der Waals surface area contributed by atoms with Gasteiger partial charge >= 0.3 is 0 Å². The molecule has 2 aromatic rings. The van der Waals surface area contributed by atoms with Gasteiger partial charge in [-0.05, 0) is 12.1 Å². The number of nitrogens with one attached hydrogen (secondary N) is 2. The molecule has 1 aromatic carbocycles. The van der Waals surface area contributed by atoms with E-state index in [2.05, 4.69) is 49.6 Å². The van der Waals surface area contributed by atoms with Crippen molar-refractivity contribution in [1.29, 1.82) is 0 Å². The first-order valence-corrected chi connectivity index (χ1v) is 8.11. The average Bonchev–Trinajstić information content (AvgIpc) is 2.60. The van der Waals surface area contributed by atoms with Crippen molar-refractivity contribution in [2.24, 2.45) is 0 Å². The van der Waals surface area contributed by atoms with Gasteiger partial charge in [0.2, 0.25) is 0 Å². The summed E-state index contributed by atoms with van der Waals surface area (Å²) in [4.78, 5) is 16.2. The summed E-state index contributed by atoms with van der Waals surface area (Å²) in [5, 5.41) is 9.39. The third kappa shape index (κ3) is 4.03. The van der Waals surface area contributed by atoms with Crippen molar-refractivity contribution in [3.63, 3.8) is 0 Å². The van der Waals surface area contributed by atoms with Gasteiger partial charge in [-0.3, -0.25) is 9.69 Å². The van der Waals surface area contributed by atoms with E-state index in [1.807, 2.05) is 6.07 Å². The lowest BCUT2D eigenvalue weighted by atomic mass is 10.2. The monoisotopic (exact) mass is 333 g/mol. The molecule has 1 saturated heterocycles. The molecule has 1 fully saturated rings. The Kier molecular flexibility index (Phi) is 5.15. The number of hydrogen-bond acceptors (Lipinski definition) is 5. The van der Waals surface area contributed by atoms with Crippen molar-refractivity contribution in [2.75, 3.05) is 49.5 Å². The van der Waals surface area contributed by atoms with Gasteiger partial charge < -0.3 is 10.2 Å². The predicted molar refractivity (Wildman–Crippen MR) is 93.5 cm³/mol. The molecule has 0 spiro atoms. The van der Waals surface area contributed by atoms with E-state index in [9.17, 15) is 4.79 Å². The van der Waals surface area contributed by atoms with Crippen LogP contribution in [-0.4, -0.2) is 54.4 Å². The summed E-state index contributed by atoms with van der Waals surface area (Å²) in [7, 11) is 0. The minimum Gasteiger partial charge on any atom is -0.381 e. The molecule has 6 nitrogen and oxygen atoms in total. The molecule has 0 unspecified atom stereocenters. The molecule has 7 heteroatoms. The molecule has 2 heterocycles. The number of aromatic nitrogens is 2. The van der Waals surface area contributed by atoms with Crippen molar-refractivity contribution in [1.82, 2.24) is 15.1 Å². The van der Waals surface area contributed by atoms with Crippen LogP contribution in [0.4, 0.5) is 11.4 Å². The number of benzene rings is 1. The Hall–Kier alpha value is -2.05. The van der Waals surface area contributed by atoms with Crippen molar-refractivity contribution in [3.05, 3.63) is 51.9 Å². The van der Waals surface area contributed by atoms with Crippen molar-refractivity contribution < 1.29 is 0 Å². The summed E-state index contributed by atoms with van der Waals surface area (Å²) in [6, 6.07) is 10.5. The van der Waals surface area contributed by atoms with Crippen LogP contribution >= 0.6 is 11.6 Å². The van der Waals surface area contributed by atoms with Gasteiger partial charge in [-0.2, -0.15) is 5.10 Å².